The molecule has 0 aliphatic carbocycles. The first-order chi connectivity index (χ1) is 6.24. The molecule has 13 heavy (non-hydrogen) atoms. The number of nitrogens with one attached hydrogen (secondary N) is 1. The number of aliphatic hydroxyl groups is 1. The van der Waals surface area contributed by atoms with Crippen molar-refractivity contribution in [3.8, 4) is 0 Å². The van der Waals surface area contributed by atoms with E-state index in [0.717, 1.165) is 5.56 Å². The molecule has 1 heterocycles. The summed E-state index contributed by atoms with van der Waals surface area (Å²) in [6.07, 6.45) is 6.04. The van der Waals surface area contributed by atoms with Gasteiger partial charge in [-0.2, -0.15) is 0 Å². The Bertz CT molecular complexity index is 352. The molecule has 0 unspecified atom stereocenters. The third-order valence-electron chi connectivity index (χ3n) is 1.72. The second-order valence-corrected chi connectivity index (χ2v) is 2.86. The SMILES string of the molecule is Cc1cc(C=CCCO)c[nH]c1=O. The van der Waals surface area contributed by atoms with E-state index in [4.69, 9.17) is 5.11 Å². The number of hydrogen-bond donors (Lipinski definition) is 2. The third-order valence-corrected chi connectivity index (χ3v) is 1.72. The van der Waals surface area contributed by atoms with Crippen LogP contribution in [-0.2, 0) is 0 Å². The van der Waals surface area contributed by atoms with Crippen LogP contribution in [0.2, 0.25) is 0 Å². The van der Waals surface area contributed by atoms with Gasteiger partial charge in [-0.05, 0) is 25.0 Å². The Morgan fingerprint density at radius 3 is 3.00 bits per heavy atom. The average Bonchev–Trinajstić information content (AvgIpc) is 2.12. The maximum atomic E-state index is 11.0. The monoisotopic (exact) mass is 179 g/mol. The third kappa shape index (κ3) is 2.87. The van der Waals surface area contributed by atoms with Gasteiger partial charge in [0.15, 0.2) is 0 Å². The van der Waals surface area contributed by atoms with E-state index >= 15 is 0 Å². The fourth-order valence-corrected chi connectivity index (χ4v) is 1.01. The van der Waals surface area contributed by atoms with Crippen molar-refractivity contribution in [2.45, 2.75) is 13.3 Å². The number of aromatic nitrogens is 1. The molecule has 70 valence electrons. The van der Waals surface area contributed by atoms with E-state index in [1.165, 1.54) is 0 Å². The van der Waals surface area contributed by atoms with Crippen LogP contribution >= 0.6 is 0 Å². The van der Waals surface area contributed by atoms with E-state index in [2.05, 4.69) is 4.98 Å². The summed E-state index contributed by atoms with van der Waals surface area (Å²) in [6, 6.07) is 1.81. The van der Waals surface area contributed by atoms with Crippen LogP contribution in [0.3, 0.4) is 0 Å². The maximum Gasteiger partial charge on any atom is 0.250 e. The maximum absolute atomic E-state index is 11.0. The second-order valence-electron chi connectivity index (χ2n) is 2.86. The van der Waals surface area contributed by atoms with Gasteiger partial charge in [0.25, 0.3) is 5.56 Å². The highest BCUT2D eigenvalue weighted by atomic mass is 16.2. The fourth-order valence-electron chi connectivity index (χ4n) is 1.01. The van der Waals surface area contributed by atoms with Gasteiger partial charge in [0.05, 0.1) is 0 Å². The normalized spacial score (nSPS) is 10.9. The summed E-state index contributed by atoms with van der Waals surface area (Å²) in [5.74, 6) is 0. The Morgan fingerprint density at radius 1 is 1.62 bits per heavy atom. The number of rotatable bonds is 3. The van der Waals surface area contributed by atoms with Crippen molar-refractivity contribution in [1.82, 2.24) is 4.98 Å². The smallest absolute Gasteiger partial charge is 0.250 e. The van der Waals surface area contributed by atoms with E-state index in [1.54, 1.807) is 13.1 Å². The molecule has 2 N–H and O–H groups in total. The van der Waals surface area contributed by atoms with Crippen molar-refractivity contribution in [2.24, 2.45) is 0 Å². The molecule has 1 aromatic heterocycles. The highest BCUT2D eigenvalue weighted by Crippen LogP contribution is 2.00. The summed E-state index contributed by atoms with van der Waals surface area (Å²) in [4.78, 5) is 13.6. The molecule has 0 bridgehead atoms. The number of aliphatic hydroxyl groups excluding tert-OH is 1. The molecule has 3 nitrogen and oxygen atoms in total. The molecule has 0 saturated heterocycles. The summed E-state index contributed by atoms with van der Waals surface area (Å²) < 4.78 is 0. The number of aromatic amines is 1. The lowest BCUT2D eigenvalue weighted by atomic mass is 10.2. The molecule has 1 aromatic rings. The van der Waals surface area contributed by atoms with Gasteiger partial charge in [0.1, 0.15) is 0 Å². The summed E-state index contributed by atoms with van der Waals surface area (Å²) in [7, 11) is 0. The molecule has 0 aliphatic rings. The van der Waals surface area contributed by atoms with Crippen LogP contribution in [0.5, 0.6) is 0 Å². The molecular formula is C10H13NO2. The van der Waals surface area contributed by atoms with Crippen molar-refractivity contribution < 1.29 is 5.11 Å². The van der Waals surface area contributed by atoms with E-state index in [-0.39, 0.29) is 12.2 Å². The van der Waals surface area contributed by atoms with Crippen LogP contribution in [0.15, 0.2) is 23.1 Å². The van der Waals surface area contributed by atoms with Crippen molar-refractivity contribution in [2.75, 3.05) is 6.61 Å². The summed E-state index contributed by atoms with van der Waals surface area (Å²) >= 11 is 0. The van der Waals surface area contributed by atoms with Crippen LogP contribution in [-0.4, -0.2) is 16.7 Å². The summed E-state index contributed by atoms with van der Waals surface area (Å²) in [5, 5.41) is 8.53. The Hall–Kier alpha value is -1.35. The van der Waals surface area contributed by atoms with E-state index in [1.807, 2.05) is 18.2 Å². The number of aryl methyl sites for hydroxylation is 1. The van der Waals surface area contributed by atoms with Crippen molar-refractivity contribution in [3.05, 3.63) is 39.8 Å². The van der Waals surface area contributed by atoms with Crippen LogP contribution in [0.1, 0.15) is 17.5 Å². The predicted molar refractivity (Wildman–Crippen MR) is 52.5 cm³/mol. The predicted octanol–water partition coefficient (Wildman–Crippen LogP) is 1.08. The number of pyridine rings is 1. The lowest BCUT2D eigenvalue weighted by molar-refractivity contribution is 0.303. The lowest BCUT2D eigenvalue weighted by Gasteiger charge is -1.94. The topological polar surface area (TPSA) is 53.1 Å². The van der Waals surface area contributed by atoms with Crippen molar-refractivity contribution >= 4 is 6.08 Å². The highest BCUT2D eigenvalue weighted by molar-refractivity contribution is 5.48. The number of H-pyrrole nitrogens is 1. The van der Waals surface area contributed by atoms with E-state index in [9.17, 15) is 4.79 Å². The fraction of sp³-hybridized carbons (Fsp3) is 0.300. The van der Waals surface area contributed by atoms with Gasteiger partial charge in [-0.15, -0.1) is 0 Å². The molecule has 0 atom stereocenters. The summed E-state index contributed by atoms with van der Waals surface area (Å²) in [5.41, 5.74) is 1.59. The molecule has 0 aromatic carbocycles. The van der Waals surface area contributed by atoms with Crippen LogP contribution < -0.4 is 5.56 Å². The number of hydrogen-bond acceptors (Lipinski definition) is 2. The van der Waals surface area contributed by atoms with Gasteiger partial charge >= 0.3 is 0 Å². The minimum absolute atomic E-state index is 0.0562. The van der Waals surface area contributed by atoms with Gasteiger partial charge in [0, 0.05) is 18.4 Å². The zero-order valence-electron chi connectivity index (χ0n) is 7.58. The van der Waals surface area contributed by atoms with Gasteiger partial charge in [0.2, 0.25) is 0 Å². The molecule has 0 fully saturated rings. The van der Waals surface area contributed by atoms with E-state index in [0.29, 0.717) is 12.0 Å². The molecule has 0 amide bonds. The molecule has 0 spiro atoms. The molecule has 3 heteroatoms. The zero-order chi connectivity index (χ0) is 9.68. The molecule has 0 aliphatic heterocycles. The van der Waals surface area contributed by atoms with Crippen LogP contribution in [0.25, 0.3) is 6.08 Å². The molecule has 0 saturated carbocycles. The highest BCUT2D eigenvalue weighted by Gasteiger charge is 1.92. The quantitative estimate of drug-likeness (QED) is 0.729. The zero-order valence-corrected chi connectivity index (χ0v) is 7.58. The minimum Gasteiger partial charge on any atom is -0.396 e. The first kappa shape index (κ1) is 9.74. The van der Waals surface area contributed by atoms with Gasteiger partial charge in [-0.1, -0.05) is 12.2 Å². The van der Waals surface area contributed by atoms with Crippen molar-refractivity contribution in [3.63, 3.8) is 0 Å². The van der Waals surface area contributed by atoms with Crippen LogP contribution in [0.4, 0.5) is 0 Å². The average molecular weight is 179 g/mol. The molecule has 0 radical (unpaired) electrons. The minimum atomic E-state index is -0.0562. The second kappa shape index (κ2) is 4.62. The van der Waals surface area contributed by atoms with Gasteiger partial charge in [-0.3, -0.25) is 4.79 Å². The van der Waals surface area contributed by atoms with Gasteiger partial charge in [-0.25, -0.2) is 0 Å². The first-order valence-electron chi connectivity index (χ1n) is 4.21. The Labute approximate surface area is 76.7 Å². The largest absolute Gasteiger partial charge is 0.396 e. The Morgan fingerprint density at radius 2 is 2.38 bits per heavy atom. The summed E-state index contributed by atoms with van der Waals surface area (Å²) in [6.45, 7) is 1.92. The molecular weight excluding hydrogens is 166 g/mol. The molecule has 1 rings (SSSR count). The Balaban J connectivity index is 2.79. The van der Waals surface area contributed by atoms with E-state index < -0.39 is 0 Å². The van der Waals surface area contributed by atoms with Crippen molar-refractivity contribution in [1.29, 1.82) is 0 Å². The van der Waals surface area contributed by atoms with Gasteiger partial charge < -0.3 is 10.1 Å². The first-order valence-corrected chi connectivity index (χ1v) is 4.21. The Kier molecular flexibility index (Phi) is 3.46. The standard InChI is InChI=1S/C10H13NO2/c1-8-6-9(4-2-3-5-12)7-11-10(8)13/h2,4,6-7,12H,3,5H2,1H3,(H,11,13). The lowest BCUT2D eigenvalue weighted by Crippen LogP contribution is -2.07. The van der Waals surface area contributed by atoms with Crippen LogP contribution in [0, 0.1) is 6.92 Å².